The van der Waals surface area contributed by atoms with Crippen molar-refractivity contribution in [3.05, 3.63) is 11.6 Å². The summed E-state index contributed by atoms with van der Waals surface area (Å²) in [6, 6.07) is 0. The van der Waals surface area contributed by atoms with E-state index in [0.29, 0.717) is 12.5 Å². The van der Waals surface area contributed by atoms with Gasteiger partial charge in [0.1, 0.15) is 12.4 Å². The zero-order chi connectivity index (χ0) is 13.0. The summed E-state index contributed by atoms with van der Waals surface area (Å²) >= 11 is 0. The van der Waals surface area contributed by atoms with Gasteiger partial charge in [0.2, 0.25) is 0 Å². The van der Waals surface area contributed by atoms with Crippen LogP contribution < -0.4 is 5.73 Å². The van der Waals surface area contributed by atoms with E-state index in [0.717, 1.165) is 37.7 Å². The van der Waals surface area contributed by atoms with Gasteiger partial charge in [0.05, 0.1) is 0 Å². The summed E-state index contributed by atoms with van der Waals surface area (Å²) in [5, 5.41) is 8.42. The molecular formula is C12H23IN6. The molecule has 0 aliphatic carbocycles. The summed E-state index contributed by atoms with van der Waals surface area (Å²) in [4.78, 5) is 6.45. The molecule has 0 spiro atoms. The molecule has 6 nitrogen and oxygen atoms in total. The molecule has 1 aliphatic rings. The molecule has 2 N–H and O–H groups in total. The molecule has 0 amide bonds. The molecule has 1 aliphatic heterocycles. The number of hydrogen-bond acceptors (Lipinski definition) is 3. The van der Waals surface area contributed by atoms with Gasteiger partial charge in [-0.25, -0.2) is 4.99 Å². The summed E-state index contributed by atoms with van der Waals surface area (Å²) < 4.78 is 2.18. The summed E-state index contributed by atoms with van der Waals surface area (Å²) in [5.74, 6) is 2.61. The second kappa shape index (κ2) is 7.66. The highest BCUT2D eigenvalue weighted by Crippen LogP contribution is 2.14. The Morgan fingerprint density at radius 3 is 2.74 bits per heavy atom. The fourth-order valence-electron chi connectivity index (χ4n) is 2.28. The van der Waals surface area contributed by atoms with Crippen LogP contribution in [0, 0.1) is 0 Å². The Labute approximate surface area is 131 Å². The van der Waals surface area contributed by atoms with E-state index in [1.165, 1.54) is 12.8 Å². The largest absolute Gasteiger partial charge is 0.370 e. The minimum Gasteiger partial charge on any atom is -0.370 e. The van der Waals surface area contributed by atoms with Crippen molar-refractivity contribution in [3.8, 4) is 0 Å². The lowest BCUT2D eigenvalue weighted by atomic mass is 10.2. The normalized spacial score (nSPS) is 14.7. The van der Waals surface area contributed by atoms with Crippen molar-refractivity contribution in [2.24, 2.45) is 10.7 Å². The van der Waals surface area contributed by atoms with Crippen molar-refractivity contribution in [1.82, 2.24) is 19.7 Å². The lowest BCUT2D eigenvalue weighted by Crippen LogP contribution is -2.37. The molecule has 2 heterocycles. The third-order valence-electron chi connectivity index (χ3n) is 3.41. The molecule has 108 valence electrons. The van der Waals surface area contributed by atoms with E-state index in [4.69, 9.17) is 5.73 Å². The van der Waals surface area contributed by atoms with Crippen LogP contribution in [0.25, 0.3) is 0 Å². The summed E-state index contributed by atoms with van der Waals surface area (Å²) in [5.41, 5.74) is 5.95. The number of nitrogens with two attached hydrogens (primary N) is 1. The highest BCUT2D eigenvalue weighted by atomic mass is 127. The molecule has 0 bridgehead atoms. The topological polar surface area (TPSA) is 72.3 Å². The maximum absolute atomic E-state index is 5.95. The third-order valence-corrected chi connectivity index (χ3v) is 3.41. The molecule has 0 fully saturated rings. The number of rotatable bonds is 4. The van der Waals surface area contributed by atoms with Crippen molar-refractivity contribution < 1.29 is 0 Å². The molecule has 0 saturated carbocycles. The average molecular weight is 378 g/mol. The van der Waals surface area contributed by atoms with Crippen LogP contribution in [0.15, 0.2) is 4.99 Å². The van der Waals surface area contributed by atoms with Gasteiger partial charge in [0.15, 0.2) is 11.8 Å². The van der Waals surface area contributed by atoms with Gasteiger partial charge in [-0.2, -0.15) is 0 Å². The van der Waals surface area contributed by atoms with E-state index < -0.39 is 0 Å². The standard InChI is InChI=1S/C12H22N6.HI/c1-3-17(4-2)12(13)14-9-11-16-15-10-7-5-6-8-18(10)11;/h3-9H2,1-2H3,(H2,13,14);1H. The summed E-state index contributed by atoms with van der Waals surface area (Å²) in [6.07, 6.45) is 3.44. The van der Waals surface area contributed by atoms with Gasteiger partial charge in [-0.05, 0) is 26.7 Å². The van der Waals surface area contributed by atoms with Crippen LogP contribution in [-0.2, 0) is 19.5 Å². The van der Waals surface area contributed by atoms with Crippen molar-refractivity contribution in [2.45, 2.75) is 46.2 Å². The average Bonchev–Trinajstić information content (AvgIpc) is 2.81. The lowest BCUT2D eigenvalue weighted by Gasteiger charge is -2.19. The van der Waals surface area contributed by atoms with E-state index in [9.17, 15) is 0 Å². The van der Waals surface area contributed by atoms with Crippen LogP contribution in [0.4, 0.5) is 0 Å². The van der Waals surface area contributed by atoms with Crippen molar-refractivity contribution in [1.29, 1.82) is 0 Å². The minimum atomic E-state index is 0. The van der Waals surface area contributed by atoms with Crippen LogP contribution in [0.3, 0.4) is 0 Å². The Kier molecular flexibility index (Phi) is 6.53. The molecule has 0 aromatic carbocycles. The van der Waals surface area contributed by atoms with Gasteiger partial charge < -0.3 is 15.2 Å². The predicted octanol–water partition coefficient (Wildman–Crippen LogP) is 1.39. The summed E-state index contributed by atoms with van der Waals surface area (Å²) in [7, 11) is 0. The van der Waals surface area contributed by atoms with Gasteiger partial charge in [-0.15, -0.1) is 34.2 Å². The van der Waals surface area contributed by atoms with Crippen LogP contribution in [0.1, 0.15) is 38.3 Å². The van der Waals surface area contributed by atoms with Gasteiger partial charge in [0, 0.05) is 26.1 Å². The molecule has 19 heavy (non-hydrogen) atoms. The van der Waals surface area contributed by atoms with Crippen LogP contribution >= 0.6 is 24.0 Å². The quantitative estimate of drug-likeness (QED) is 0.488. The molecular weight excluding hydrogens is 355 g/mol. The second-order valence-corrected chi connectivity index (χ2v) is 4.49. The van der Waals surface area contributed by atoms with Crippen molar-refractivity contribution in [2.75, 3.05) is 13.1 Å². The fraction of sp³-hybridized carbons (Fsp3) is 0.750. The summed E-state index contributed by atoms with van der Waals surface area (Å²) in [6.45, 7) is 7.44. The number of aromatic nitrogens is 3. The SMILES string of the molecule is CCN(CC)C(N)=NCc1nnc2n1CCCC2.I. The number of aryl methyl sites for hydroxylation is 1. The second-order valence-electron chi connectivity index (χ2n) is 4.49. The number of hydrogen-bond donors (Lipinski definition) is 1. The van der Waals surface area contributed by atoms with E-state index >= 15 is 0 Å². The molecule has 1 aromatic rings. The maximum Gasteiger partial charge on any atom is 0.191 e. The van der Waals surface area contributed by atoms with E-state index in [1.807, 2.05) is 4.90 Å². The zero-order valence-corrected chi connectivity index (χ0v) is 14.0. The van der Waals surface area contributed by atoms with Gasteiger partial charge in [0.25, 0.3) is 0 Å². The Hall–Kier alpha value is -0.860. The highest BCUT2D eigenvalue weighted by Gasteiger charge is 2.15. The van der Waals surface area contributed by atoms with Gasteiger partial charge in [-0.1, -0.05) is 0 Å². The number of aliphatic imine (C=N–C) groups is 1. The number of halogens is 1. The Morgan fingerprint density at radius 2 is 2.05 bits per heavy atom. The van der Waals surface area contributed by atoms with Crippen molar-refractivity contribution in [3.63, 3.8) is 0 Å². The molecule has 1 aromatic heterocycles. The minimum absolute atomic E-state index is 0. The molecule has 0 radical (unpaired) electrons. The fourth-order valence-corrected chi connectivity index (χ4v) is 2.28. The van der Waals surface area contributed by atoms with Crippen LogP contribution in [-0.4, -0.2) is 38.7 Å². The maximum atomic E-state index is 5.95. The van der Waals surface area contributed by atoms with E-state index in [2.05, 4.69) is 33.6 Å². The Morgan fingerprint density at radius 1 is 1.32 bits per heavy atom. The molecule has 7 heteroatoms. The van der Waals surface area contributed by atoms with E-state index in [-0.39, 0.29) is 24.0 Å². The highest BCUT2D eigenvalue weighted by molar-refractivity contribution is 14.0. The van der Waals surface area contributed by atoms with Crippen LogP contribution in [0.5, 0.6) is 0 Å². The lowest BCUT2D eigenvalue weighted by molar-refractivity contribution is 0.456. The van der Waals surface area contributed by atoms with Gasteiger partial charge >= 0.3 is 0 Å². The Bertz CT molecular complexity index is 424. The first kappa shape index (κ1) is 16.2. The van der Waals surface area contributed by atoms with E-state index in [1.54, 1.807) is 0 Å². The third kappa shape index (κ3) is 3.80. The van der Waals surface area contributed by atoms with Crippen molar-refractivity contribution >= 4 is 29.9 Å². The molecule has 0 atom stereocenters. The number of nitrogens with zero attached hydrogens (tertiary/aromatic N) is 5. The van der Waals surface area contributed by atoms with Crippen LogP contribution in [0.2, 0.25) is 0 Å². The predicted molar refractivity (Wildman–Crippen MR) is 86.6 cm³/mol. The Balaban J connectivity index is 0.00000180. The monoisotopic (exact) mass is 378 g/mol. The first-order valence-corrected chi connectivity index (χ1v) is 6.72. The molecule has 0 unspecified atom stereocenters. The molecule has 0 saturated heterocycles. The van der Waals surface area contributed by atoms with Gasteiger partial charge in [-0.3, -0.25) is 0 Å². The number of guanidine groups is 1. The first-order chi connectivity index (χ1) is 8.76. The molecule has 2 rings (SSSR count). The zero-order valence-electron chi connectivity index (χ0n) is 11.7. The smallest absolute Gasteiger partial charge is 0.191 e. The number of fused-ring (bicyclic) bond motifs is 1. The first-order valence-electron chi connectivity index (χ1n) is 6.72.